The number of imidazole rings is 1. The van der Waals surface area contributed by atoms with Gasteiger partial charge in [0.15, 0.2) is 0 Å². The molecule has 99 valence electrons. The number of hydrogen-bond donors (Lipinski definition) is 0. The molecule has 0 saturated heterocycles. The van der Waals surface area contributed by atoms with Gasteiger partial charge in [-0.2, -0.15) is 0 Å². The molecule has 1 aromatic heterocycles. The third kappa shape index (κ3) is 3.79. The molecule has 2 aromatic rings. The molecule has 2 rings (SSSR count). The minimum Gasteiger partial charge on any atom is -0.541 e. The SMILES string of the molecule is Cn1cncc1CC=Nc1ccccc1O[Si](C)C. The van der Waals surface area contributed by atoms with Crippen LogP contribution >= 0.6 is 0 Å². The lowest BCUT2D eigenvalue weighted by atomic mass is 10.3. The van der Waals surface area contributed by atoms with Gasteiger partial charge in [-0.3, -0.25) is 4.99 Å². The van der Waals surface area contributed by atoms with E-state index in [4.69, 9.17) is 4.43 Å². The third-order valence-corrected chi connectivity index (χ3v) is 3.25. The van der Waals surface area contributed by atoms with Crippen molar-refractivity contribution < 1.29 is 4.43 Å². The predicted octanol–water partition coefficient (Wildman–Crippen LogP) is 3.00. The highest BCUT2D eigenvalue weighted by molar-refractivity contribution is 6.49. The number of nitrogens with zero attached hydrogens (tertiary/aromatic N) is 3. The Morgan fingerprint density at radius 1 is 1.37 bits per heavy atom. The smallest absolute Gasteiger partial charge is 0.274 e. The fourth-order valence-corrected chi connectivity index (χ4v) is 2.30. The normalized spacial score (nSPS) is 11.4. The Morgan fingerprint density at radius 2 is 2.16 bits per heavy atom. The summed E-state index contributed by atoms with van der Waals surface area (Å²) in [6, 6.07) is 7.88. The first-order chi connectivity index (χ1) is 9.16. The quantitative estimate of drug-likeness (QED) is 0.620. The molecule has 5 heteroatoms. The van der Waals surface area contributed by atoms with Crippen LogP contribution in [0.5, 0.6) is 5.75 Å². The maximum atomic E-state index is 5.83. The lowest BCUT2D eigenvalue weighted by Crippen LogP contribution is -2.11. The molecule has 0 aliphatic rings. The van der Waals surface area contributed by atoms with Gasteiger partial charge in [0.2, 0.25) is 0 Å². The van der Waals surface area contributed by atoms with Crippen LogP contribution in [-0.4, -0.2) is 24.8 Å². The summed E-state index contributed by atoms with van der Waals surface area (Å²) in [6.07, 6.45) is 6.31. The Balaban J connectivity index is 2.08. The standard InChI is InChI=1S/C14H18N3OSi/c1-17-11-15-10-12(17)8-9-16-13-6-4-5-7-14(13)18-19(2)3/h4-7,9-11H,8H2,1-3H3. The second kappa shape index (κ2) is 6.33. The molecule has 0 N–H and O–H groups in total. The monoisotopic (exact) mass is 272 g/mol. The zero-order chi connectivity index (χ0) is 13.7. The van der Waals surface area contributed by atoms with Gasteiger partial charge in [-0.25, -0.2) is 4.98 Å². The van der Waals surface area contributed by atoms with Crippen LogP contribution in [0.4, 0.5) is 5.69 Å². The van der Waals surface area contributed by atoms with E-state index in [9.17, 15) is 0 Å². The molecule has 0 amide bonds. The summed E-state index contributed by atoms with van der Waals surface area (Å²) >= 11 is 0. The first kappa shape index (κ1) is 13.5. The van der Waals surface area contributed by atoms with Gasteiger partial charge < -0.3 is 8.99 Å². The van der Waals surface area contributed by atoms with E-state index in [1.54, 1.807) is 6.33 Å². The number of aromatic nitrogens is 2. The van der Waals surface area contributed by atoms with Gasteiger partial charge in [0.05, 0.1) is 6.33 Å². The average molecular weight is 272 g/mol. The molecule has 0 aliphatic heterocycles. The zero-order valence-corrected chi connectivity index (χ0v) is 12.5. The van der Waals surface area contributed by atoms with Gasteiger partial charge in [0.1, 0.15) is 11.4 Å². The fourth-order valence-electron chi connectivity index (χ4n) is 1.69. The number of benzene rings is 1. The number of rotatable bonds is 5. The molecule has 0 unspecified atom stereocenters. The molecule has 1 aromatic carbocycles. The molecule has 0 aliphatic carbocycles. The predicted molar refractivity (Wildman–Crippen MR) is 79.6 cm³/mol. The van der Waals surface area contributed by atoms with Crippen molar-refractivity contribution in [1.82, 2.24) is 9.55 Å². The highest BCUT2D eigenvalue weighted by atomic mass is 28.3. The summed E-state index contributed by atoms with van der Waals surface area (Å²) in [6.45, 7) is 4.22. The number of aliphatic imine (C=N–C) groups is 1. The van der Waals surface area contributed by atoms with Crippen LogP contribution in [0, 0.1) is 0 Å². The van der Waals surface area contributed by atoms with Crippen LogP contribution < -0.4 is 4.43 Å². The zero-order valence-electron chi connectivity index (χ0n) is 11.5. The Morgan fingerprint density at radius 3 is 2.84 bits per heavy atom. The average Bonchev–Trinajstić information content (AvgIpc) is 2.77. The number of hydrogen-bond acceptors (Lipinski definition) is 3. The highest BCUT2D eigenvalue weighted by Crippen LogP contribution is 2.27. The van der Waals surface area contributed by atoms with Crippen molar-refractivity contribution in [2.24, 2.45) is 12.0 Å². The summed E-state index contributed by atoms with van der Waals surface area (Å²) in [5.74, 6) is 0.864. The van der Waals surface area contributed by atoms with Gasteiger partial charge in [-0.15, -0.1) is 0 Å². The maximum Gasteiger partial charge on any atom is 0.274 e. The first-order valence-corrected chi connectivity index (χ1v) is 8.62. The van der Waals surface area contributed by atoms with Crippen LogP contribution in [-0.2, 0) is 13.5 Å². The van der Waals surface area contributed by atoms with E-state index in [1.165, 1.54) is 0 Å². The first-order valence-electron chi connectivity index (χ1n) is 6.21. The fraction of sp³-hybridized carbons (Fsp3) is 0.286. The van der Waals surface area contributed by atoms with E-state index in [1.807, 2.05) is 48.3 Å². The molecule has 1 radical (unpaired) electrons. The summed E-state index contributed by atoms with van der Waals surface area (Å²) < 4.78 is 7.82. The van der Waals surface area contributed by atoms with E-state index in [0.717, 1.165) is 23.6 Å². The summed E-state index contributed by atoms with van der Waals surface area (Å²) in [5.41, 5.74) is 2.02. The van der Waals surface area contributed by atoms with E-state index in [2.05, 4.69) is 23.1 Å². The van der Waals surface area contributed by atoms with Crippen molar-refractivity contribution in [3.63, 3.8) is 0 Å². The topological polar surface area (TPSA) is 39.4 Å². The van der Waals surface area contributed by atoms with E-state index >= 15 is 0 Å². The van der Waals surface area contributed by atoms with Crippen molar-refractivity contribution in [1.29, 1.82) is 0 Å². The Hall–Kier alpha value is -1.88. The number of aryl methyl sites for hydroxylation is 1. The molecular formula is C14H18N3OSi. The lowest BCUT2D eigenvalue weighted by molar-refractivity contribution is 0.582. The van der Waals surface area contributed by atoms with Gasteiger partial charge in [-0.05, 0) is 25.2 Å². The van der Waals surface area contributed by atoms with Crippen LogP contribution in [0.3, 0.4) is 0 Å². The molecule has 0 bridgehead atoms. The van der Waals surface area contributed by atoms with Crippen LogP contribution in [0.1, 0.15) is 5.69 Å². The Labute approximate surface area is 115 Å². The van der Waals surface area contributed by atoms with Crippen molar-refractivity contribution >= 4 is 20.9 Å². The summed E-state index contributed by atoms with van der Waals surface area (Å²) in [5, 5.41) is 0. The second-order valence-corrected chi connectivity index (χ2v) is 6.51. The van der Waals surface area contributed by atoms with Gasteiger partial charge in [0, 0.05) is 31.6 Å². The van der Waals surface area contributed by atoms with Crippen LogP contribution in [0.2, 0.25) is 13.1 Å². The molecule has 1 heterocycles. The lowest BCUT2D eigenvalue weighted by Gasteiger charge is -2.10. The van der Waals surface area contributed by atoms with E-state index in [0.29, 0.717) is 0 Å². The van der Waals surface area contributed by atoms with E-state index < -0.39 is 9.04 Å². The van der Waals surface area contributed by atoms with Gasteiger partial charge in [0.25, 0.3) is 9.04 Å². The maximum absolute atomic E-state index is 5.83. The molecule has 0 saturated carbocycles. The van der Waals surface area contributed by atoms with Crippen molar-refractivity contribution in [2.75, 3.05) is 0 Å². The van der Waals surface area contributed by atoms with Crippen LogP contribution in [0.25, 0.3) is 0 Å². The van der Waals surface area contributed by atoms with Crippen molar-refractivity contribution in [3.05, 3.63) is 42.5 Å². The molecule has 4 nitrogen and oxygen atoms in total. The molecule has 0 atom stereocenters. The Kier molecular flexibility index (Phi) is 4.51. The van der Waals surface area contributed by atoms with Crippen molar-refractivity contribution in [3.8, 4) is 5.75 Å². The second-order valence-electron chi connectivity index (χ2n) is 4.49. The van der Waals surface area contributed by atoms with Crippen molar-refractivity contribution in [2.45, 2.75) is 19.5 Å². The minimum absolute atomic E-state index is 0.765. The Bertz CT molecular complexity index is 563. The summed E-state index contributed by atoms with van der Waals surface area (Å²) in [4.78, 5) is 8.59. The molecule has 19 heavy (non-hydrogen) atoms. The van der Waals surface area contributed by atoms with Crippen LogP contribution in [0.15, 0.2) is 41.8 Å². The largest absolute Gasteiger partial charge is 0.541 e. The number of para-hydroxylation sites is 2. The third-order valence-electron chi connectivity index (χ3n) is 2.63. The van der Waals surface area contributed by atoms with E-state index in [-0.39, 0.29) is 0 Å². The summed E-state index contributed by atoms with van der Waals surface area (Å²) in [7, 11) is 1.21. The minimum atomic E-state index is -0.771. The molecule has 0 fully saturated rings. The molecular weight excluding hydrogens is 254 g/mol. The van der Waals surface area contributed by atoms with Gasteiger partial charge in [-0.1, -0.05) is 12.1 Å². The highest BCUT2D eigenvalue weighted by Gasteiger charge is 2.04. The van der Waals surface area contributed by atoms with Gasteiger partial charge >= 0.3 is 0 Å². The molecule has 0 spiro atoms.